The highest BCUT2D eigenvalue weighted by molar-refractivity contribution is 8.13. The third-order valence-electron chi connectivity index (χ3n) is 6.10. The summed E-state index contributed by atoms with van der Waals surface area (Å²) < 4.78 is 20.3. The van der Waals surface area contributed by atoms with Crippen molar-refractivity contribution in [2.24, 2.45) is 16.6 Å². The quantitative estimate of drug-likeness (QED) is 0.549. The zero-order valence-electron chi connectivity index (χ0n) is 19.1. The monoisotopic (exact) mass is 494 g/mol. The van der Waals surface area contributed by atoms with E-state index >= 15 is 4.39 Å². The van der Waals surface area contributed by atoms with Crippen LogP contribution in [0.4, 0.5) is 16.0 Å². The fourth-order valence-electron chi connectivity index (χ4n) is 4.37. The van der Waals surface area contributed by atoms with Crippen LogP contribution in [-0.2, 0) is 5.54 Å². The molecule has 0 spiro atoms. The second-order valence-electron chi connectivity index (χ2n) is 8.42. The van der Waals surface area contributed by atoms with Crippen molar-refractivity contribution < 1.29 is 13.9 Å². The summed E-state index contributed by atoms with van der Waals surface area (Å²) in [5, 5.41) is 3.17. The summed E-state index contributed by atoms with van der Waals surface area (Å²) in [7, 11) is 1.46. The van der Waals surface area contributed by atoms with E-state index in [9.17, 15) is 4.79 Å². The Balaban J connectivity index is 1.48. The second kappa shape index (κ2) is 9.10. The van der Waals surface area contributed by atoms with Crippen molar-refractivity contribution in [3.8, 4) is 5.88 Å². The van der Waals surface area contributed by atoms with Crippen LogP contribution >= 0.6 is 11.8 Å². The molecule has 0 radical (unpaired) electrons. The fraction of sp³-hybridized carbons (Fsp3) is 0.304. The van der Waals surface area contributed by atoms with Crippen molar-refractivity contribution in [1.82, 2.24) is 19.9 Å². The number of aromatic nitrogens is 4. The van der Waals surface area contributed by atoms with E-state index in [1.807, 2.05) is 11.8 Å². The van der Waals surface area contributed by atoms with Crippen LogP contribution in [0.2, 0.25) is 0 Å². The van der Waals surface area contributed by atoms with Gasteiger partial charge in [-0.15, -0.1) is 0 Å². The number of amidine groups is 1. The van der Waals surface area contributed by atoms with E-state index in [0.717, 1.165) is 5.56 Å². The normalized spacial score (nSPS) is 21.3. The van der Waals surface area contributed by atoms with Crippen molar-refractivity contribution in [2.45, 2.75) is 12.5 Å². The van der Waals surface area contributed by atoms with Crippen LogP contribution in [-0.4, -0.2) is 57.0 Å². The number of hydrogen-bond acceptors (Lipinski definition) is 10. The van der Waals surface area contributed by atoms with E-state index in [1.165, 1.54) is 43.4 Å². The van der Waals surface area contributed by atoms with Crippen LogP contribution in [0.25, 0.3) is 0 Å². The summed E-state index contributed by atoms with van der Waals surface area (Å²) in [5.74, 6) is 0.602. The van der Waals surface area contributed by atoms with Gasteiger partial charge in [0, 0.05) is 41.9 Å². The lowest BCUT2D eigenvalue weighted by atomic mass is 9.81. The molecule has 12 heteroatoms. The molecule has 5 rings (SSSR count). The molecule has 2 atom stereocenters. The molecule has 3 aromatic rings. The summed E-state index contributed by atoms with van der Waals surface area (Å²) in [6.45, 7) is 2.88. The van der Waals surface area contributed by atoms with Crippen molar-refractivity contribution in [2.75, 3.05) is 36.2 Å². The number of rotatable bonds is 5. The number of benzene rings is 1. The number of anilines is 2. The first-order valence-corrected chi connectivity index (χ1v) is 11.9. The predicted molar refractivity (Wildman–Crippen MR) is 131 cm³/mol. The number of nitrogens with zero attached hydrogens (tertiary/aromatic N) is 6. The molecule has 1 amide bonds. The highest BCUT2D eigenvalue weighted by Crippen LogP contribution is 2.47. The highest BCUT2D eigenvalue weighted by Gasteiger charge is 2.52. The minimum absolute atomic E-state index is 0.0300. The number of halogens is 1. The SMILES string of the molecule is COc1cnc(C(=O)Nc2ccc(F)c([C@]34CN(c5ncc(C)cn5)C[C@H]3CSC(N)=N4)c2)cn1. The Hall–Kier alpha value is -3.80. The number of carbonyl (C=O) groups is 1. The first-order valence-electron chi connectivity index (χ1n) is 10.9. The molecule has 0 aliphatic carbocycles. The molecule has 0 unspecified atom stereocenters. The van der Waals surface area contributed by atoms with Gasteiger partial charge in [0.2, 0.25) is 11.8 Å². The van der Waals surface area contributed by atoms with E-state index in [1.54, 1.807) is 18.5 Å². The molecule has 3 N–H and O–H groups in total. The average Bonchev–Trinajstić information content (AvgIpc) is 3.25. The Labute approximate surface area is 205 Å². The van der Waals surface area contributed by atoms with E-state index in [0.29, 0.717) is 47.1 Å². The van der Waals surface area contributed by atoms with Gasteiger partial charge in [-0.25, -0.2) is 29.3 Å². The van der Waals surface area contributed by atoms with Gasteiger partial charge in [0.05, 0.1) is 26.0 Å². The third kappa shape index (κ3) is 4.36. The van der Waals surface area contributed by atoms with Gasteiger partial charge in [-0.1, -0.05) is 11.8 Å². The number of aryl methyl sites for hydroxylation is 1. The van der Waals surface area contributed by atoms with Crippen LogP contribution in [0.1, 0.15) is 21.6 Å². The summed E-state index contributed by atoms with van der Waals surface area (Å²) in [6, 6.07) is 4.44. The number of hydrogen-bond donors (Lipinski definition) is 2. The Morgan fingerprint density at radius 1 is 1.23 bits per heavy atom. The lowest BCUT2D eigenvalue weighted by Crippen LogP contribution is -2.40. The summed E-state index contributed by atoms with van der Waals surface area (Å²) in [4.78, 5) is 36.4. The van der Waals surface area contributed by atoms with Crippen molar-refractivity contribution in [3.63, 3.8) is 0 Å². The average molecular weight is 495 g/mol. The van der Waals surface area contributed by atoms with Crippen molar-refractivity contribution in [1.29, 1.82) is 0 Å². The zero-order chi connectivity index (χ0) is 24.6. The molecule has 2 aliphatic heterocycles. The second-order valence-corrected chi connectivity index (χ2v) is 9.46. The van der Waals surface area contributed by atoms with Crippen LogP contribution in [0.5, 0.6) is 5.88 Å². The number of carbonyl (C=O) groups excluding carboxylic acids is 1. The predicted octanol–water partition coefficient (Wildman–Crippen LogP) is 2.37. The molecule has 35 heavy (non-hydrogen) atoms. The van der Waals surface area contributed by atoms with Gasteiger partial charge in [-0.2, -0.15) is 0 Å². The van der Waals surface area contributed by atoms with Gasteiger partial charge < -0.3 is 20.7 Å². The number of nitrogens with one attached hydrogen (secondary N) is 1. The topological polar surface area (TPSA) is 132 Å². The third-order valence-corrected chi connectivity index (χ3v) is 7.06. The molecule has 1 fully saturated rings. The molecular formula is C23H23FN8O2S. The number of amides is 1. The summed E-state index contributed by atoms with van der Waals surface area (Å²) >= 11 is 1.45. The van der Waals surface area contributed by atoms with E-state index < -0.39 is 17.3 Å². The Kier molecular flexibility index (Phi) is 5.97. The molecule has 10 nitrogen and oxygen atoms in total. The number of fused-ring (bicyclic) bond motifs is 1. The molecule has 0 saturated carbocycles. The van der Waals surface area contributed by atoms with Crippen LogP contribution in [0.15, 0.2) is 48.0 Å². The Morgan fingerprint density at radius 2 is 2.03 bits per heavy atom. The molecule has 4 heterocycles. The Bertz CT molecular complexity index is 1290. The van der Waals surface area contributed by atoms with Crippen molar-refractivity contribution in [3.05, 3.63) is 65.6 Å². The fourth-order valence-corrected chi connectivity index (χ4v) is 5.35. The molecule has 0 bridgehead atoms. The Morgan fingerprint density at radius 3 is 2.74 bits per heavy atom. The van der Waals surface area contributed by atoms with Crippen LogP contribution in [0.3, 0.4) is 0 Å². The smallest absolute Gasteiger partial charge is 0.275 e. The minimum Gasteiger partial charge on any atom is -0.480 e. The van der Waals surface area contributed by atoms with Gasteiger partial charge in [-0.3, -0.25) is 4.79 Å². The van der Waals surface area contributed by atoms with Gasteiger partial charge in [-0.05, 0) is 30.7 Å². The molecule has 2 aromatic heterocycles. The lowest BCUT2D eigenvalue weighted by Gasteiger charge is -2.35. The van der Waals surface area contributed by atoms with Crippen LogP contribution < -0.4 is 20.7 Å². The number of methoxy groups -OCH3 is 1. The highest BCUT2D eigenvalue weighted by atomic mass is 32.2. The van der Waals surface area contributed by atoms with Crippen molar-refractivity contribution >= 4 is 34.5 Å². The number of nitrogens with two attached hydrogens (primary N) is 1. The molecule has 1 aromatic carbocycles. The molecule has 1 saturated heterocycles. The molecular weight excluding hydrogens is 471 g/mol. The molecule has 180 valence electrons. The maximum atomic E-state index is 15.3. The summed E-state index contributed by atoms with van der Waals surface area (Å²) in [6.07, 6.45) is 6.17. The van der Waals surface area contributed by atoms with Gasteiger partial charge in [0.1, 0.15) is 17.1 Å². The van der Waals surface area contributed by atoms with E-state index in [-0.39, 0.29) is 11.6 Å². The van der Waals surface area contributed by atoms with Gasteiger partial charge in [0.15, 0.2) is 5.17 Å². The number of aliphatic imine (C=N–C) groups is 1. The number of thioether (sulfide) groups is 1. The first kappa shape index (κ1) is 23.0. The van der Waals surface area contributed by atoms with E-state index in [2.05, 4.69) is 25.3 Å². The van der Waals surface area contributed by atoms with Gasteiger partial charge in [0.25, 0.3) is 5.91 Å². The maximum absolute atomic E-state index is 15.3. The number of ether oxygens (including phenoxy) is 1. The largest absolute Gasteiger partial charge is 0.480 e. The first-order chi connectivity index (χ1) is 16.9. The van der Waals surface area contributed by atoms with Crippen LogP contribution in [0, 0.1) is 18.7 Å². The minimum atomic E-state index is -0.936. The zero-order valence-corrected chi connectivity index (χ0v) is 19.9. The summed E-state index contributed by atoms with van der Waals surface area (Å²) in [5.41, 5.74) is 7.02. The molecule has 2 aliphatic rings. The maximum Gasteiger partial charge on any atom is 0.275 e. The lowest BCUT2D eigenvalue weighted by molar-refractivity contribution is 0.102. The van der Waals surface area contributed by atoms with E-state index in [4.69, 9.17) is 15.5 Å². The standard InChI is InChI=1S/C23H23FN8O2S/c1-13-6-28-22(29-7-13)32-10-14-11-35-21(25)31-23(14,12-32)16-5-15(3-4-17(16)24)30-20(33)18-8-27-19(34-2)9-26-18/h3-9,14H,10-12H2,1-2H3,(H2,25,31)(H,30,33)/t14-,23-/m0/s1. The van der Waals surface area contributed by atoms with Gasteiger partial charge >= 0.3 is 0 Å².